The van der Waals surface area contributed by atoms with Gasteiger partial charge in [-0.25, -0.2) is 0 Å². The van der Waals surface area contributed by atoms with Gasteiger partial charge in [0.2, 0.25) is 5.75 Å². The first-order valence-corrected chi connectivity index (χ1v) is 7.11. The number of rotatable bonds is 5. The number of carbonyl (C=O) groups is 1. The van der Waals surface area contributed by atoms with E-state index in [4.69, 9.17) is 26.4 Å². The Hall–Kier alpha value is -2.28. The summed E-state index contributed by atoms with van der Waals surface area (Å²) in [7, 11) is 4.63. The number of amides is 1. The molecule has 0 spiro atoms. The predicted octanol–water partition coefficient (Wildman–Crippen LogP) is 1.79. The van der Waals surface area contributed by atoms with Crippen molar-refractivity contribution >= 4 is 29.3 Å². The van der Waals surface area contributed by atoms with E-state index in [0.717, 1.165) is 5.56 Å². The SMILES string of the molecule is CCN1C(=O)C(=Cc2cc(OC)c(OC)c(OC)c2)NC1=S. The Morgan fingerprint density at radius 3 is 2.18 bits per heavy atom. The molecule has 0 unspecified atom stereocenters. The van der Waals surface area contributed by atoms with Crippen LogP contribution < -0.4 is 19.5 Å². The summed E-state index contributed by atoms with van der Waals surface area (Å²) in [5, 5.41) is 3.32. The second kappa shape index (κ2) is 6.65. The van der Waals surface area contributed by atoms with Crippen LogP contribution in [0.25, 0.3) is 6.08 Å². The average molecular weight is 322 g/mol. The van der Waals surface area contributed by atoms with Crippen LogP contribution in [0.3, 0.4) is 0 Å². The van der Waals surface area contributed by atoms with Crippen molar-refractivity contribution in [2.75, 3.05) is 27.9 Å². The van der Waals surface area contributed by atoms with Crippen molar-refractivity contribution in [3.63, 3.8) is 0 Å². The van der Waals surface area contributed by atoms with Gasteiger partial charge in [0.05, 0.1) is 21.3 Å². The van der Waals surface area contributed by atoms with Gasteiger partial charge in [-0.3, -0.25) is 9.69 Å². The van der Waals surface area contributed by atoms with Gasteiger partial charge < -0.3 is 19.5 Å². The molecule has 2 rings (SSSR count). The number of methoxy groups -OCH3 is 3. The van der Waals surface area contributed by atoms with Gasteiger partial charge in [-0.1, -0.05) is 0 Å². The van der Waals surface area contributed by atoms with Gasteiger partial charge in [-0.05, 0) is 42.9 Å². The third-order valence-electron chi connectivity index (χ3n) is 3.28. The van der Waals surface area contributed by atoms with E-state index in [0.29, 0.717) is 34.6 Å². The molecule has 6 nitrogen and oxygen atoms in total. The van der Waals surface area contributed by atoms with E-state index in [-0.39, 0.29) is 5.91 Å². The summed E-state index contributed by atoms with van der Waals surface area (Å²) in [5.41, 5.74) is 1.16. The van der Waals surface area contributed by atoms with Crippen molar-refractivity contribution in [1.82, 2.24) is 10.2 Å². The molecule has 0 saturated carbocycles. The fourth-order valence-corrected chi connectivity index (χ4v) is 2.53. The molecule has 1 aliphatic heterocycles. The molecule has 0 bridgehead atoms. The minimum absolute atomic E-state index is 0.152. The standard InChI is InChI=1S/C15H18N2O4S/c1-5-17-14(18)10(16-15(17)22)6-9-7-11(19-2)13(21-4)12(8-9)20-3/h6-8H,5H2,1-4H3,(H,16,22). The van der Waals surface area contributed by atoms with Gasteiger partial charge in [0.1, 0.15) is 5.70 Å². The van der Waals surface area contributed by atoms with Crippen LogP contribution in [0.4, 0.5) is 0 Å². The molecule has 7 heteroatoms. The Bertz CT molecular complexity index is 617. The third-order valence-corrected chi connectivity index (χ3v) is 3.60. The number of nitrogens with zero attached hydrogens (tertiary/aromatic N) is 1. The zero-order valence-electron chi connectivity index (χ0n) is 12.9. The van der Waals surface area contributed by atoms with E-state index in [1.807, 2.05) is 6.92 Å². The van der Waals surface area contributed by atoms with Crippen LogP contribution in [0.2, 0.25) is 0 Å². The molecule has 118 valence electrons. The van der Waals surface area contributed by atoms with Crippen molar-refractivity contribution in [2.45, 2.75) is 6.92 Å². The summed E-state index contributed by atoms with van der Waals surface area (Å²) in [5.74, 6) is 1.40. The highest BCUT2D eigenvalue weighted by Gasteiger charge is 2.29. The molecule has 1 fully saturated rings. The first-order valence-electron chi connectivity index (χ1n) is 6.70. The summed E-state index contributed by atoms with van der Waals surface area (Å²) in [6.45, 7) is 2.39. The Kier molecular flexibility index (Phi) is 4.87. The van der Waals surface area contributed by atoms with Gasteiger partial charge >= 0.3 is 0 Å². The minimum Gasteiger partial charge on any atom is -0.493 e. The summed E-state index contributed by atoms with van der Waals surface area (Å²) in [6.07, 6.45) is 1.70. The summed E-state index contributed by atoms with van der Waals surface area (Å²) < 4.78 is 15.9. The topological polar surface area (TPSA) is 60.0 Å². The fourth-order valence-electron chi connectivity index (χ4n) is 2.21. The van der Waals surface area contributed by atoms with E-state index in [1.54, 1.807) is 32.4 Å². The van der Waals surface area contributed by atoms with Crippen LogP contribution in [0.1, 0.15) is 12.5 Å². The zero-order chi connectivity index (χ0) is 16.3. The highest BCUT2D eigenvalue weighted by molar-refractivity contribution is 7.80. The van der Waals surface area contributed by atoms with Crippen molar-refractivity contribution in [2.24, 2.45) is 0 Å². The first-order chi connectivity index (χ1) is 10.5. The molecule has 1 aromatic carbocycles. The molecule has 1 amide bonds. The van der Waals surface area contributed by atoms with Crippen molar-refractivity contribution in [1.29, 1.82) is 0 Å². The highest BCUT2D eigenvalue weighted by atomic mass is 32.1. The number of hydrogen-bond acceptors (Lipinski definition) is 5. The van der Waals surface area contributed by atoms with Crippen molar-refractivity contribution < 1.29 is 19.0 Å². The number of ether oxygens (including phenoxy) is 3. The average Bonchev–Trinajstić information content (AvgIpc) is 2.79. The van der Waals surface area contributed by atoms with Gasteiger partial charge in [0.15, 0.2) is 16.6 Å². The van der Waals surface area contributed by atoms with E-state index in [2.05, 4.69) is 5.32 Å². The van der Waals surface area contributed by atoms with E-state index >= 15 is 0 Å². The van der Waals surface area contributed by atoms with Crippen molar-refractivity contribution in [3.05, 3.63) is 23.4 Å². The molecule has 1 aliphatic rings. The van der Waals surface area contributed by atoms with Gasteiger partial charge in [-0.15, -0.1) is 0 Å². The molecule has 1 heterocycles. The maximum Gasteiger partial charge on any atom is 0.276 e. The second-order valence-corrected chi connectivity index (χ2v) is 4.88. The van der Waals surface area contributed by atoms with Crippen LogP contribution in [0, 0.1) is 0 Å². The first kappa shape index (κ1) is 16.1. The quantitative estimate of drug-likeness (QED) is 0.659. The summed E-state index contributed by atoms with van der Waals surface area (Å²) in [4.78, 5) is 13.7. The van der Waals surface area contributed by atoms with E-state index in [1.165, 1.54) is 12.0 Å². The Balaban J connectivity index is 2.44. The Morgan fingerprint density at radius 2 is 1.77 bits per heavy atom. The Labute approximate surface area is 134 Å². The van der Waals surface area contributed by atoms with Crippen molar-refractivity contribution in [3.8, 4) is 17.2 Å². The smallest absolute Gasteiger partial charge is 0.276 e. The zero-order valence-corrected chi connectivity index (χ0v) is 13.7. The fraction of sp³-hybridized carbons (Fsp3) is 0.333. The number of carbonyl (C=O) groups excluding carboxylic acids is 1. The lowest BCUT2D eigenvalue weighted by molar-refractivity contribution is -0.122. The van der Waals surface area contributed by atoms with Crippen LogP contribution in [-0.4, -0.2) is 43.8 Å². The van der Waals surface area contributed by atoms with Crippen LogP contribution >= 0.6 is 12.2 Å². The summed E-state index contributed by atoms with van der Waals surface area (Å²) in [6, 6.07) is 3.53. The number of nitrogens with one attached hydrogen (secondary N) is 1. The predicted molar refractivity (Wildman–Crippen MR) is 87.2 cm³/mol. The lowest BCUT2D eigenvalue weighted by Gasteiger charge is -2.13. The summed E-state index contributed by atoms with van der Waals surface area (Å²) >= 11 is 5.13. The Morgan fingerprint density at radius 1 is 1.18 bits per heavy atom. The van der Waals surface area contributed by atoms with Crippen LogP contribution in [0.15, 0.2) is 17.8 Å². The highest BCUT2D eigenvalue weighted by Crippen LogP contribution is 2.38. The largest absolute Gasteiger partial charge is 0.493 e. The molecule has 0 aliphatic carbocycles. The van der Waals surface area contributed by atoms with Crippen LogP contribution in [0.5, 0.6) is 17.2 Å². The van der Waals surface area contributed by atoms with Crippen LogP contribution in [-0.2, 0) is 4.79 Å². The maximum atomic E-state index is 12.2. The molecular weight excluding hydrogens is 304 g/mol. The molecule has 1 N–H and O–H groups in total. The molecular formula is C15H18N2O4S. The lowest BCUT2D eigenvalue weighted by atomic mass is 10.1. The molecule has 22 heavy (non-hydrogen) atoms. The van der Waals surface area contributed by atoms with E-state index in [9.17, 15) is 4.79 Å². The van der Waals surface area contributed by atoms with Gasteiger partial charge in [0, 0.05) is 6.54 Å². The second-order valence-electron chi connectivity index (χ2n) is 4.50. The number of hydrogen-bond donors (Lipinski definition) is 1. The maximum absolute atomic E-state index is 12.2. The molecule has 1 saturated heterocycles. The van der Waals surface area contributed by atoms with Gasteiger partial charge in [-0.2, -0.15) is 0 Å². The third kappa shape index (κ3) is 2.85. The van der Waals surface area contributed by atoms with Gasteiger partial charge in [0.25, 0.3) is 5.91 Å². The molecule has 0 radical (unpaired) electrons. The minimum atomic E-state index is -0.152. The monoisotopic (exact) mass is 322 g/mol. The van der Waals surface area contributed by atoms with E-state index < -0.39 is 0 Å². The lowest BCUT2D eigenvalue weighted by Crippen LogP contribution is -2.30. The molecule has 0 atom stereocenters. The number of likely N-dealkylation sites (N-methyl/N-ethyl adjacent to an activating group) is 1. The normalized spacial score (nSPS) is 16.0. The molecule has 1 aromatic rings. The number of thiocarbonyl (C=S) groups is 1. The number of benzene rings is 1. The molecule has 0 aromatic heterocycles.